The molecule has 0 aromatic heterocycles. The van der Waals surface area contributed by atoms with E-state index in [0.29, 0.717) is 12.8 Å². The molecule has 3 unspecified atom stereocenters. The third-order valence-corrected chi connectivity index (χ3v) is 3.91. The molecular weight excluding hydrogens is 218 g/mol. The third-order valence-electron chi connectivity index (χ3n) is 3.91. The SMILES string of the molecule is CC1CCC([C@H](O)[C@H](O)CCC#N)CCC1O. The van der Waals surface area contributed by atoms with Gasteiger partial charge >= 0.3 is 0 Å². The quantitative estimate of drug-likeness (QED) is 0.646. The molecule has 0 aromatic carbocycles. The van der Waals surface area contributed by atoms with Crippen molar-refractivity contribution in [3.05, 3.63) is 0 Å². The zero-order chi connectivity index (χ0) is 12.8. The molecule has 4 nitrogen and oxygen atoms in total. The molecule has 1 rings (SSSR count). The summed E-state index contributed by atoms with van der Waals surface area (Å²) in [4.78, 5) is 0. The number of nitrogens with zero attached hydrogens (tertiary/aromatic N) is 1. The van der Waals surface area contributed by atoms with Gasteiger partial charge in [-0.2, -0.15) is 5.26 Å². The maximum Gasteiger partial charge on any atom is 0.0827 e. The van der Waals surface area contributed by atoms with Gasteiger partial charge in [0.2, 0.25) is 0 Å². The van der Waals surface area contributed by atoms with E-state index in [1.54, 1.807) is 0 Å². The Labute approximate surface area is 103 Å². The Balaban J connectivity index is 2.46. The van der Waals surface area contributed by atoms with Gasteiger partial charge in [0.15, 0.2) is 0 Å². The van der Waals surface area contributed by atoms with Gasteiger partial charge < -0.3 is 15.3 Å². The summed E-state index contributed by atoms with van der Waals surface area (Å²) < 4.78 is 0. The molecule has 4 heteroatoms. The molecule has 1 aliphatic carbocycles. The number of rotatable bonds is 4. The van der Waals surface area contributed by atoms with Crippen molar-refractivity contribution in [3.8, 4) is 6.07 Å². The smallest absolute Gasteiger partial charge is 0.0827 e. The largest absolute Gasteiger partial charge is 0.393 e. The van der Waals surface area contributed by atoms with E-state index in [1.807, 2.05) is 13.0 Å². The fourth-order valence-electron chi connectivity index (χ4n) is 2.52. The van der Waals surface area contributed by atoms with Crippen LogP contribution in [0.4, 0.5) is 0 Å². The summed E-state index contributed by atoms with van der Waals surface area (Å²) in [6, 6.07) is 1.97. The van der Waals surface area contributed by atoms with Crippen LogP contribution in [0.15, 0.2) is 0 Å². The van der Waals surface area contributed by atoms with E-state index in [2.05, 4.69) is 0 Å². The van der Waals surface area contributed by atoms with Crippen molar-refractivity contribution < 1.29 is 15.3 Å². The van der Waals surface area contributed by atoms with E-state index in [0.717, 1.165) is 19.3 Å². The van der Waals surface area contributed by atoms with E-state index < -0.39 is 12.2 Å². The van der Waals surface area contributed by atoms with Crippen molar-refractivity contribution in [3.63, 3.8) is 0 Å². The lowest BCUT2D eigenvalue weighted by Crippen LogP contribution is -2.33. The van der Waals surface area contributed by atoms with Crippen LogP contribution in [0.25, 0.3) is 0 Å². The van der Waals surface area contributed by atoms with Gasteiger partial charge in [0, 0.05) is 6.42 Å². The molecule has 1 saturated carbocycles. The highest BCUT2D eigenvalue weighted by atomic mass is 16.3. The van der Waals surface area contributed by atoms with Gasteiger partial charge in [0.25, 0.3) is 0 Å². The summed E-state index contributed by atoms with van der Waals surface area (Å²) in [5.74, 6) is 0.312. The molecule has 0 bridgehead atoms. The number of aliphatic hydroxyl groups excluding tert-OH is 3. The van der Waals surface area contributed by atoms with Gasteiger partial charge in [-0.05, 0) is 43.9 Å². The Morgan fingerprint density at radius 1 is 1.24 bits per heavy atom. The molecule has 0 spiro atoms. The Morgan fingerprint density at radius 2 is 1.88 bits per heavy atom. The van der Waals surface area contributed by atoms with Crippen LogP contribution in [-0.4, -0.2) is 33.6 Å². The van der Waals surface area contributed by atoms with E-state index in [1.165, 1.54) is 0 Å². The van der Waals surface area contributed by atoms with E-state index >= 15 is 0 Å². The first kappa shape index (κ1) is 14.4. The van der Waals surface area contributed by atoms with Crippen LogP contribution in [0.5, 0.6) is 0 Å². The fourth-order valence-corrected chi connectivity index (χ4v) is 2.52. The highest BCUT2D eigenvalue weighted by molar-refractivity contribution is 4.83. The lowest BCUT2D eigenvalue weighted by atomic mass is 9.89. The van der Waals surface area contributed by atoms with Crippen LogP contribution in [0.1, 0.15) is 45.4 Å². The van der Waals surface area contributed by atoms with Gasteiger partial charge in [-0.15, -0.1) is 0 Å². The van der Waals surface area contributed by atoms with Gasteiger partial charge in [0.05, 0.1) is 24.4 Å². The molecule has 0 amide bonds. The summed E-state index contributed by atoms with van der Waals surface area (Å²) in [5.41, 5.74) is 0. The summed E-state index contributed by atoms with van der Waals surface area (Å²) in [5, 5.41) is 38.0. The molecule has 1 aliphatic rings. The summed E-state index contributed by atoms with van der Waals surface area (Å²) in [6.07, 6.45) is 1.88. The second-order valence-corrected chi connectivity index (χ2v) is 5.21. The first-order valence-corrected chi connectivity index (χ1v) is 6.47. The predicted molar refractivity (Wildman–Crippen MR) is 64.0 cm³/mol. The number of nitriles is 1. The first-order valence-electron chi connectivity index (χ1n) is 6.47. The van der Waals surface area contributed by atoms with Crippen LogP contribution in [0.2, 0.25) is 0 Å². The third kappa shape index (κ3) is 4.27. The minimum atomic E-state index is -0.815. The minimum Gasteiger partial charge on any atom is -0.393 e. The Hall–Kier alpha value is -0.630. The summed E-state index contributed by atoms with van der Waals surface area (Å²) in [6.45, 7) is 2.02. The lowest BCUT2D eigenvalue weighted by Gasteiger charge is -2.25. The second-order valence-electron chi connectivity index (χ2n) is 5.21. The standard InChI is InChI=1S/C13H23NO3/c1-9-4-5-10(6-7-11(9)15)13(17)12(16)3-2-8-14/h9-13,15-17H,2-7H2,1H3/t9?,10?,11?,12-,13+/m1/s1. The molecule has 0 aliphatic heterocycles. The van der Waals surface area contributed by atoms with E-state index in [9.17, 15) is 15.3 Å². The molecule has 0 heterocycles. The highest BCUT2D eigenvalue weighted by Gasteiger charge is 2.30. The number of hydrogen-bond acceptors (Lipinski definition) is 4. The Morgan fingerprint density at radius 3 is 2.53 bits per heavy atom. The maximum absolute atomic E-state index is 10.0. The van der Waals surface area contributed by atoms with E-state index in [4.69, 9.17) is 5.26 Å². The Bertz CT molecular complexity index is 252. The fraction of sp³-hybridized carbons (Fsp3) is 0.923. The van der Waals surface area contributed by atoms with Crippen LogP contribution >= 0.6 is 0 Å². The van der Waals surface area contributed by atoms with Gasteiger partial charge in [0.1, 0.15) is 0 Å². The zero-order valence-corrected chi connectivity index (χ0v) is 10.4. The molecule has 0 saturated heterocycles. The molecule has 1 fully saturated rings. The second kappa shape index (κ2) is 6.95. The van der Waals surface area contributed by atoms with Crippen molar-refractivity contribution in [2.75, 3.05) is 0 Å². The summed E-state index contributed by atoms with van der Waals surface area (Å²) >= 11 is 0. The maximum atomic E-state index is 10.0. The molecule has 17 heavy (non-hydrogen) atoms. The normalized spacial score (nSPS) is 33.5. The average molecular weight is 241 g/mol. The van der Waals surface area contributed by atoms with Gasteiger partial charge in [-0.3, -0.25) is 0 Å². The Kier molecular flexibility index (Phi) is 5.90. The van der Waals surface area contributed by atoms with E-state index in [-0.39, 0.29) is 24.4 Å². The predicted octanol–water partition coefficient (Wildman–Crippen LogP) is 1.20. The molecule has 3 N–H and O–H groups in total. The lowest BCUT2D eigenvalue weighted by molar-refractivity contribution is -0.0250. The van der Waals surface area contributed by atoms with Crippen molar-refractivity contribution in [2.45, 2.75) is 63.8 Å². The van der Waals surface area contributed by atoms with Gasteiger partial charge in [-0.1, -0.05) is 6.92 Å². The van der Waals surface area contributed by atoms with Crippen LogP contribution < -0.4 is 0 Å². The van der Waals surface area contributed by atoms with Crippen LogP contribution in [0.3, 0.4) is 0 Å². The molecule has 5 atom stereocenters. The first-order chi connectivity index (χ1) is 8.06. The number of hydrogen-bond donors (Lipinski definition) is 3. The van der Waals surface area contributed by atoms with Crippen LogP contribution in [-0.2, 0) is 0 Å². The minimum absolute atomic E-state index is 0.0447. The van der Waals surface area contributed by atoms with Crippen molar-refractivity contribution >= 4 is 0 Å². The summed E-state index contributed by atoms with van der Waals surface area (Å²) in [7, 11) is 0. The monoisotopic (exact) mass is 241 g/mol. The van der Waals surface area contributed by atoms with Crippen LogP contribution in [0, 0.1) is 23.2 Å². The van der Waals surface area contributed by atoms with Gasteiger partial charge in [-0.25, -0.2) is 0 Å². The molecule has 98 valence electrons. The molecular formula is C13H23NO3. The molecule has 0 aromatic rings. The van der Waals surface area contributed by atoms with Crippen molar-refractivity contribution in [1.82, 2.24) is 0 Å². The topological polar surface area (TPSA) is 84.5 Å². The molecule has 0 radical (unpaired) electrons. The van der Waals surface area contributed by atoms with Crippen molar-refractivity contribution in [1.29, 1.82) is 5.26 Å². The van der Waals surface area contributed by atoms with Crippen molar-refractivity contribution in [2.24, 2.45) is 11.8 Å². The highest BCUT2D eigenvalue weighted by Crippen LogP contribution is 2.30. The number of aliphatic hydroxyl groups is 3. The zero-order valence-electron chi connectivity index (χ0n) is 10.4. The average Bonchev–Trinajstić information content (AvgIpc) is 2.49.